The van der Waals surface area contributed by atoms with Gasteiger partial charge in [-0.25, -0.2) is 0 Å². The van der Waals surface area contributed by atoms with Crippen molar-refractivity contribution in [3.63, 3.8) is 0 Å². The first-order valence-electron chi connectivity index (χ1n) is 2.89. The SMILES string of the molecule is C=CCC1SC(N)=NC1=O. The predicted molar refractivity (Wildman–Crippen MR) is 42.8 cm³/mol. The average Bonchev–Trinajstić information content (AvgIpc) is 2.13. The molecule has 0 aliphatic carbocycles. The van der Waals surface area contributed by atoms with Gasteiger partial charge in [0.15, 0.2) is 5.17 Å². The van der Waals surface area contributed by atoms with Crippen molar-refractivity contribution < 1.29 is 4.79 Å². The molecule has 0 aromatic heterocycles. The van der Waals surface area contributed by atoms with Crippen LogP contribution in [0.1, 0.15) is 6.42 Å². The number of carbonyl (C=O) groups is 1. The van der Waals surface area contributed by atoms with E-state index >= 15 is 0 Å². The molecule has 1 unspecified atom stereocenters. The Labute approximate surface area is 63.4 Å². The van der Waals surface area contributed by atoms with Gasteiger partial charge < -0.3 is 5.73 Å². The molecule has 0 bridgehead atoms. The molecule has 2 N–H and O–H groups in total. The summed E-state index contributed by atoms with van der Waals surface area (Å²) in [5.74, 6) is -0.137. The third-order valence-corrected chi connectivity index (χ3v) is 2.15. The monoisotopic (exact) mass is 156 g/mol. The maximum atomic E-state index is 10.8. The van der Waals surface area contributed by atoms with Gasteiger partial charge in [0.05, 0.1) is 5.25 Å². The second-order valence-corrected chi connectivity index (χ2v) is 3.14. The Hall–Kier alpha value is -0.770. The first kappa shape index (κ1) is 7.34. The molecule has 1 aliphatic rings. The Bertz CT molecular complexity index is 200. The zero-order valence-corrected chi connectivity index (χ0v) is 6.23. The van der Waals surface area contributed by atoms with Crippen LogP contribution in [0, 0.1) is 0 Å². The van der Waals surface area contributed by atoms with Crippen LogP contribution in [0.15, 0.2) is 17.6 Å². The lowest BCUT2D eigenvalue weighted by Crippen LogP contribution is -2.08. The maximum Gasteiger partial charge on any atom is 0.261 e. The number of allylic oxidation sites excluding steroid dienone is 1. The normalized spacial score (nSPS) is 24.6. The van der Waals surface area contributed by atoms with Crippen molar-refractivity contribution in [3.05, 3.63) is 12.7 Å². The minimum atomic E-state index is -0.137. The molecule has 0 aromatic carbocycles. The molecule has 1 aliphatic heterocycles. The molecule has 0 fully saturated rings. The molecule has 1 rings (SSSR count). The third kappa shape index (κ3) is 1.39. The van der Waals surface area contributed by atoms with E-state index in [0.29, 0.717) is 11.6 Å². The summed E-state index contributed by atoms with van der Waals surface area (Å²) in [5.41, 5.74) is 5.30. The number of aliphatic imine (C=N–C) groups is 1. The highest BCUT2D eigenvalue weighted by molar-refractivity contribution is 8.15. The standard InChI is InChI=1S/C6H8N2OS/c1-2-3-4-5(9)8-6(7)10-4/h2,4H,1,3H2,(H2,7,8,9). The lowest BCUT2D eigenvalue weighted by atomic mass is 10.3. The lowest BCUT2D eigenvalue weighted by molar-refractivity contribution is -0.117. The molecular formula is C6H8N2OS. The lowest BCUT2D eigenvalue weighted by Gasteiger charge is -1.98. The van der Waals surface area contributed by atoms with E-state index in [1.165, 1.54) is 11.8 Å². The smallest absolute Gasteiger partial charge is 0.261 e. The number of amidine groups is 1. The Kier molecular flexibility index (Phi) is 2.11. The first-order valence-corrected chi connectivity index (χ1v) is 3.77. The van der Waals surface area contributed by atoms with Crippen LogP contribution in [0.2, 0.25) is 0 Å². The minimum Gasteiger partial charge on any atom is -0.378 e. The van der Waals surface area contributed by atoms with E-state index < -0.39 is 0 Å². The molecule has 54 valence electrons. The van der Waals surface area contributed by atoms with Crippen LogP contribution in [-0.2, 0) is 4.79 Å². The van der Waals surface area contributed by atoms with Crippen LogP contribution in [0.25, 0.3) is 0 Å². The van der Waals surface area contributed by atoms with Gasteiger partial charge in [0.1, 0.15) is 0 Å². The summed E-state index contributed by atoms with van der Waals surface area (Å²) in [7, 11) is 0. The molecule has 0 spiro atoms. The second-order valence-electron chi connectivity index (χ2n) is 1.92. The van der Waals surface area contributed by atoms with Crippen molar-refractivity contribution in [3.8, 4) is 0 Å². The van der Waals surface area contributed by atoms with Crippen molar-refractivity contribution >= 4 is 22.8 Å². The van der Waals surface area contributed by atoms with Crippen molar-refractivity contribution in [1.29, 1.82) is 0 Å². The quantitative estimate of drug-likeness (QED) is 0.593. The second kappa shape index (κ2) is 2.88. The van der Waals surface area contributed by atoms with E-state index in [4.69, 9.17) is 5.73 Å². The first-order chi connectivity index (χ1) is 4.74. The van der Waals surface area contributed by atoms with Crippen LogP contribution in [-0.4, -0.2) is 16.3 Å². The highest BCUT2D eigenvalue weighted by Crippen LogP contribution is 2.22. The van der Waals surface area contributed by atoms with Crippen LogP contribution >= 0.6 is 11.8 Å². The van der Waals surface area contributed by atoms with E-state index in [-0.39, 0.29) is 11.2 Å². The van der Waals surface area contributed by atoms with Gasteiger partial charge in [0.2, 0.25) is 0 Å². The molecule has 0 radical (unpaired) electrons. The van der Waals surface area contributed by atoms with Crippen LogP contribution < -0.4 is 5.73 Å². The predicted octanol–water partition coefficient (Wildman–Crippen LogP) is 0.519. The molecule has 4 heteroatoms. The molecule has 10 heavy (non-hydrogen) atoms. The highest BCUT2D eigenvalue weighted by atomic mass is 32.2. The summed E-state index contributed by atoms with van der Waals surface area (Å²) in [6.45, 7) is 3.53. The van der Waals surface area contributed by atoms with Crippen LogP contribution in [0.5, 0.6) is 0 Å². The molecule has 1 heterocycles. The molecule has 1 amide bonds. The molecule has 0 saturated heterocycles. The minimum absolute atomic E-state index is 0.113. The molecule has 3 nitrogen and oxygen atoms in total. The Balaban J connectivity index is 2.55. The summed E-state index contributed by atoms with van der Waals surface area (Å²) in [6, 6.07) is 0. The van der Waals surface area contributed by atoms with E-state index in [9.17, 15) is 4.79 Å². The van der Waals surface area contributed by atoms with Gasteiger partial charge in [-0.2, -0.15) is 4.99 Å². The molecule has 0 aromatic rings. The third-order valence-electron chi connectivity index (χ3n) is 1.14. The fourth-order valence-corrected chi connectivity index (χ4v) is 1.52. The molecular weight excluding hydrogens is 148 g/mol. The number of hydrogen-bond acceptors (Lipinski definition) is 3. The zero-order chi connectivity index (χ0) is 7.56. The largest absolute Gasteiger partial charge is 0.378 e. The Morgan fingerprint density at radius 2 is 2.60 bits per heavy atom. The summed E-state index contributed by atoms with van der Waals surface area (Å²) in [5, 5.41) is 0.259. The van der Waals surface area contributed by atoms with Crippen molar-refractivity contribution in [2.45, 2.75) is 11.7 Å². The Morgan fingerprint density at radius 3 is 3.00 bits per heavy atom. The van der Waals surface area contributed by atoms with Gasteiger partial charge in [0.25, 0.3) is 5.91 Å². The van der Waals surface area contributed by atoms with Gasteiger partial charge in [-0.05, 0) is 6.42 Å². The number of nitrogens with two attached hydrogens (primary N) is 1. The van der Waals surface area contributed by atoms with Gasteiger partial charge in [-0.1, -0.05) is 17.8 Å². The van der Waals surface area contributed by atoms with Gasteiger partial charge >= 0.3 is 0 Å². The van der Waals surface area contributed by atoms with Crippen molar-refractivity contribution in [2.24, 2.45) is 10.7 Å². The molecule has 0 saturated carbocycles. The number of rotatable bonds is 2. The number of hydrogen-bond donors (Lipinski definition) is 1. The van der Waals surface area contributed by atoms with E-state index in [2.05, 4.69) is 11.6 Å². The summed E-state index contributed by atoms with van der Waals surface area (Å²) in [6.07, 6.45) is 2.34. The number of thioether (sulfide) groups is 1. The fraction of sp³-hybridized carbons (Fsp3) is 0.333. The Morgan fingerprint density at radius 1 is 1.90 bits per heavy atom. The van der Waals surface area contributed by atoms with E-state index in [1.807, 2.05) is 0 Å². The summed E-state index contributed by atoms with van der Waals surface area (Å²) >= 11 is 1.31. The van der Waals surface area contributed by atoms with E-state index in [1.54, 1.807) is 6.08 Å². The highest BCUT2D eigenvalue weighted by Gasteiger charge is 2.24. The number of amides is 1. The van der Waals surface area contributed by atoms with Crippen LogP contribution in [0.4, 0.5) is 0 Å². The summed E-state index contributed by atoms with van der Waals surface area (Å²) < 4.78 is 0. The van der Waals surface area contributed by atoms with Crippen LogP contribution in [0.3, 0.4) is 0 Å². The van der Waals surface area contributed by atoms with Gasteiger partial charge in [0, 0.05) is 0 Å². The molecule has 1 atom stereocenters. The van der Waals surface area contributed by atoms with Crippen molar-refractivity contribution in [2.75, 3.05) is 0 Å². The maximum absolute atomic E-state index is 10.8. The van der Waals surface area contributed by atoms with Crippen molar-refractivity contribution in [1.82, 2.24) is 0 Å². The fourth-order valence-electron chi connectivity index (χ4n) is 0.703. The topological polar surface area (TPSA) is 55.4 Å². The summed E-state index contributed by atoms with van der Waals surface area (Å²) in [4.78, 5) is 14.4. The average molecular weight is 156 g/mol. The van der Waals surface area contributed by atoms with Gasteiger partial charge in [-0.15, -0.1) is 6.58 Å². The zero-order valence-electron chi connectivity index (χ0n) is 5.41. The number of nitrogens with zero attached hydrogens (tertiary/aromatic N) is 1. The van der Waals surface area contributed by atoms with E-state index in [0.717, 1.165) is 0 Å². The number of carbonyl (C=O) groups excluding carboxylic acids is 1. The van der Waals surface area contributed by atoms with Gasteiger partial charge in [-0.3, -0.25) is 4.79 Å².